The summed E-state index contributed by atoms with van der Waals surface area (Å²) in [7, 11) is 0. The number of oxazole rings is 1. The molecule has 3 aromatic carbocycles. The van der Waals surface area contributed by atoms with Crippen molar-refractivity contribution in [2.45, 2.75) is 19.8 Å². The zero-order valence-corrected chi connectivity index (χ0v) is 18.0. The van der Waals surface area contributed by atoms with Crippen LogP contribution in [0.4, 0.5) is 5.69 Å². The summed E-state index contributed by atoms with van der Waals surface area (Å²) in [6.45, 7) is 3.17. The Hall–Kier alpha value is -3.80. The van der Waals surface area contributed by atoms with E-state index in [1.165, 1.54) is 5.56 Å². The SMILES string of the molecule is CC(COc1ccc(NCCC(=O)O)cc1)Cc1ccc(-c2nc3ccccc3o2)cc1. The Bertz CT molecular complexity index is 1130. The first kappa shape index (κ1) is 21.4. The molecule has 0 aliphatic rings. The summed E-state index contributed by atoms with van der Waals surface area (Å²) in [6.07, 6.45) is 0.994. The zero-order chi connectivity index (χ0) is 22.3. The van der Waals surface area contributed by atoms with E-state index >= 15 is 0 Å². The molecule has 1 aromatic heterocycles. The first-order chi connectivity index (χ1) is 15.6. The number of nitrogens with zero attached hydrogens (tertiary/aromatic N) is 1. The Labute approximate surface area is 186 Å². The number of hydrogen-bond donors (Lipinski definition) is 2. The molecule has 4 aromatic rings. The van der Waals surface area contributed by atoms with Crippen molar-refractivity contribution in [2.24, 2.45) is 5.92 Å². The lowest BCUT2D eigenvalue weighted by atomic mass is 10.0. The van der Waals surface area contributed by atoms with Crippen LogP contribution in [0.2, 0.25) is 0 Å². The molecule has 32 heavy (non-hydrogen) atoms. The summed E-state index contributed by atoms with van der Waals surface area (Å²) in [5.74, 6) is 0.966. The Balaban J connectivity index is 1.26. The van der Waals surface area contributed by atoms with E-state index in [1.807, 2.05) is 60.7 Å². The molecule has 6 heteroatoms. The topological polar surface area (TPSA) is 84.6 Å². The van der Waals surface area contributed by atoms with Crippen molar-refractivity contribution in [1.82, 2.24) is 4.98 Å². The largest absolute Gasteiger partial charge is 0.493 e. The summed E-state index contributed by atoms with van der Waals surface area (Å²) < 4.78 is 11.8. The molecule has 1 unspecified atom stereocenters. The fourth-order valence-corrected chi connectivity index (χ4v) is 3.46. The minimum Gasteiger partial charge on any atom is -0.493 e. The van der Waals surface area contributed by atoms with Crippen LogP contribution in [0.15, 0.2) is 77.2 Å². The first-order valence-corrected chi connectivity index (χ1v) is 10.7. The monoisotopic (exact) mass is 430 g/mol. The standard InChI is InChI=1S/C26H26N2O4/c1-18(17-31-22-12-10-21(11-13-22)27-15-14-25(29)30)16-19-6-8-20(9-7-19)26-28-23-4-2-3-5-24(23)32-26/h2-13,18,27H,14-17H2,1H3,(H,29,30). The number of aliphatic carboxylic acids is 1. The normalized spacial score (nSPS) is 11.9. The lowest BCUT2D eigenvalue weighted by Gasteiger charge is -2.14. The smallest absolute Gasteiger partial charge is 0.305 e. The molecule has 1 atom stereocenters. The van der Waals surface area contributed by atoms with E-state index < -0.39 is 5.97 Å². The summed E-state index contributed by atoms with van der Waals surface area (Å²) in [6, 6.07) is 23.7. The van der Waals surface area contributed by atoms with Crippen LogP contribution < -0.4 is 10.1 Å². The average Bonchev–Trinajstić information content (AvgIpc) is 3.23. The Kier molecular flexibility index (Phi) is 6.70. The number of hydrogen-bond acceptors (Lipinski definition) is 5. The third kappa shape index (κ3) is 5.66. The van der Waals surface area contributed by atoms with Crippen molar-refractivity contribution in [3.05, 3.63) is 78.4 Å². The van der Waals surface area contributed by atoms with Gasteiger partial charge in [0.15, 0.2) is 5.58 Å². The van der Waals surface area contributed by atoms with Gasteiger partial charge < -0.3 is 19.6 Å². The van der Waals surface area contributed by atoms with Crippen LogP contribution in [0, 0.1) is 5.92 Å². The molecule has 0 bridgehead atoms. The number of aromatic nitrogens is 1. The molecule has 0 fully saturated rings. The van der Waals surface area contributed by atoms with Crippen molar-refractivity contribution in [3.8, 4) is 17.2 Å². The summed E-state index contributed by atoms with van der Waals surface area (Å²) in [5.41, 5.74) is 4.73. The van der Waals surface area contributed by atoms with Gasteiger partial charge in [-0.15, -0.1) is 0 Å². The van der Waals surface area contributed by atoms with Crippen molar-refractivity contribution in [2.75, 3.05) is 18.5 Å². The van der Waals surface area contributed by atoms with Gasteiger partial charge in [0.2, 0.25) is 5.89 Å². The van der Waals surface area contributed by atoms with Crippen molar-refractivity contribution < 1.29 is 19.1 Å². The highest BCUT2D eigenvalue weighted by molar-refractivity contribution is 5.76. The van der Waals surface area contributed by atoms with E-state index in [4.69, 9.17) is 14.3 Å². The van der Waals surface area contributed by atoms with Crippen molar-refractivity contribution >= 4 is 22.8 Å². The number of benzene rings is 3. The van der Waals surface area contributed by atoms with Crippen LogP contribution in [0.3, 0.4) is 0 Å². The maximum Gasteiger partial charge on any atom is 0.305 e. The van der Waals surface area contributed by atoms with Gasteiger partial charge >= 0.3 is 5.97 Å². The fraction of sp³-hybridized carbons (Fsp3) is 0.231. The minimum absolute atomic E-state index is 0.0888. The van der Waals surface area contributed by atoms with Crippen LogP contribution in [-0.2, 0) is 11.2 Å². The van der Waals surface area contributed by atoms with E-state index in [0.717, 1.165) is 34.5 Å². The highest BCUT2D eigenvalue weighted by atomic mass is 16.5. The molecule has 0 aliphatic heterocycles. The Morgan fingerprint density at radius 1 is 1.06 bits per heavy atom. The molecule has 0 radical (unpaired) electrons. The van der Waals surface area contributed by atoms with E-state index in [2.05, 4.69) is 29.4 Å². The third-order valence-electron chi connectivity index (χ3n) is 5.14. The van der Waals surface area contributed by atoms with E-state index in [9.17, 15) is 4.79 Å². The summed E-state index contributed by atoms with van der Waals surface area (Å²) in [4.78, 5) is 15.1. The minimum atomic E-state index is -0.813. The third-order valence-corrected chi connectivity index (χ3v) is 5.14. The molecular weight excluding hydrogens is 404 g/mol. The van der Waals surface area contributed by atoms with Gasteiger partial charge in [-0.25, -0.2) is 4.98 Å². The molecule has 4 rings (SSSR count). The van der Waals surface area contributed by atoms with E-state index in [1.54, 1.807) is 0 Å². The molecule has 164 valence electrons. The number of anilines is 1. The van der Waals surface area contributed by atoms with Crippen LogP contribution in [0.25, 0.3) is 22.6 Å². The molecule has 1 heterocycles. The number of nitrogens with one attached hydrogen (secondary N) is 1. The maximum absolute atomic E-state index is 10.6. The second-order valence-electron chi connectivity index (χ2n) is 7.90. The molecule has 0 spiro atoms. The second-order valence-corrected chi connectivity index (χ2v) is 7.90. The van der Waals surface area contributed by atoms with E-state index in [0.29, 0.717) is 25.0 Å². The van der Waals surface area contributed by atoms with Crippen LogP contribution >= 0.6 is 0 Å². The lowest BCUT2D eigenvalue weighted by molar-refractivity contribution is -0.136. The van der Waals surface area contributed by atoms with Gasteiger partial charge in [-0.3, -0.25) is 4.79 Å². The van der Waals surface area contributed by atoms with Crippen molar-refractivity contribution in [1.29, 1.82) is 0 Å². The summed E-state index contributed by atoms with van der Waals surface area (Å²) in [5, 5.41) is 11.8. The van der Waals surface area contributed by atoms with Gasteiger partial charge in [-0.05, 0) is 66.4 Å². The van der Waals surface area contributed by atoms with E-state index in [-0.39, 0.29) is 6.42 Å². The zero-order valence-electron chi connectivity index (χ0n) is 18.0. The van der Waals surface area contributed by atoms with Gasteiger partial charge in [0.25, 0.3) is 0 Å². The fourth-order valence-electron chi connectivity index (χ4n) is 3.46. The number of para-hydroxylation sites is 2. The highest BCUT2D eigenvalue weighted by Crippen LogP contribution is 2.25. The first-order valence-electron chi connectivity index (χ1n) is 10.7. The number of ether oxygens (including phenoxy) is 1. The van der Waals surface area contributed by atoms with Crippen LogP contribution in [0.1, 0.15) is 18.9 Å². The molecule has 2 N–H and O–H groups in total. The van der Waals surface area contributed by atoms with Crippen LogP contribution in [0.5, 0.6) is 5.75 Å². The maximum atomic E-state index is 10.6. The highest BCUT2D eigenvalue weighted by Gasteiger charge is 2.09. The number of fused-ring (bicyclic) bond motifs is 1. The van der Waals surface area contributed by atoms with Crippen LogP contribution in [-0.4, -0.2) is 29.2 Å². The number of carboxylic acids is 1. The van der Waals surface area contributed by atoms with Gasteiger partial charge in [0.1, 0.15) is 11.3 Å². The van der Waals surface area contributed by atoms with Gasteiger partial charge in [0.05, 0.1) is 13.0 Å². The van der Waals surface area contributed by atoms with Gasteiger partial charge in [0, 0.05) is 17.8 Å². The molecule has 0 saturated heterocycles. The summed E-state index contributed by atoms with van der Waals surface area (Å²) >= 11 is 0. The second kappa shape index (κ2) is 10.0. The molecule has 0 saturated carbocycles. The quantitative estimate of drug-likeness (QED) is 0.339. The molecule has 0 aliphatic carbocycles. The predicted molar refractivity (Wildman–Crippen MR) is 125 cm³/mol. The van der Waals surface area contributed by atoms with Gasteiger partial charge in [-0.1, -0.05) is 31.2 Å². The Morgan fingerprint density at radius 3 is 2.53 bits per heavy atom. The molecule has 6 nitrogen and oxygen atoms in total. The number of carbonyl (C=O) groups is 1. The molecular formula is C26H26N2O4. The molecule has 0 amide bonds. The van der Waals surface area contributed by atoms with Gasteiger partial charge in [-0.2, -0.15) is 0 Å². The van der Waals surface area contributed by atoms with Crippen molar-refractivity contribution in [3.63, 3.8) is 0 Å². The average molecular weight is 431 g/mol. The number of carboxylic acid groups (broad SMARTS) is 1. The number of rotatable bonds is 10. The predicted octanol–water partition coefficient (Wildman–Crippen LogP) is 5.64. The Morgan fingerprint density at radius 2 is 1.81 bits per heavy atom. The lowest BCUT2D eigenvalue weighted by Crippen LogP contribution is -2.11.